The third-order valence-electron chi connectivity index (χ3n) is 2.58. The summed E-state index contributed by atoms with van der Waals surface area (Å²) in [5.41, 5.74) is 0. The summed E-state index contributed by atoms with van der Waals surface area (Å²) >= 11 is 1.71. The zero-order valence-electron chi connectivity index (χ0n) is 9.91. The number of thiophene rings is 1. The van der Waals surface area contributed by atoms with E-state index in [-0.39, 0.29) is 5.16 Å². The van der Waals surface area contributed by atoms with E-state index >= 15 is 0 Å². The lowest BCUT2D eigenvalue weighted by Crippen LogP contribution is -2.17. The van der Waals surface area contributed by atoms with Gasteiger partial charge in [0, 0.05) is 18.3 Å². The number of aryl methyl sites for hydroxylation is 2. The fourth-order valence-corrected chi connectivity index (χ4v) is 3.08. The molecule has 98 valence electrons. The number of nitrogens with two attached hydrogens (primary N) is 1. The Hall–Kier alpha value is -1.25. The van der Waals surface area contributed by atoms with Crippen molar-refractivity contribution in [3.05, 3.63) is 28.2 Å². The van der Waals surface area contributed by atoms with Crippen LogP contribution in [0.2, 0.25) is 0 Å². The van der Waals surface area contributed by atoms with E-state index in [9.17, 15) is 8.42 Å². The molecule has 2 rings (SSSR count). The van der Waals surface area contributed by atoms with Crippen molar-refractivity contribution in [1.29, 1.82) is 0 Å². The van der Waals surface area contributed by atoms with Gasteiger partial charge in [0.2, 0.25) is 0 Å². The Bertz CT molecular complexity index is 616. The molecule has 0 aliphatic heterocycles. The third-order valence-corrected chi connectivity index (χ3v) is 4.38. The zero-order chi connectivity index (χ0) is 13.2. The van der Waals surface area contributed by atoms with Crippen LogP contribution in [-0.2, 0) is 29.9 Å². The van der Waals surface area contributed by atoms with Gasteiger partial charge in [-0.25, -0.2) is 13.6 Å². The molecule has 6 nitrogen and oxygen atoms in total. The third kappa shape index (κ3) is 2.95. The minimum absolute atomic E-state index is 0.186. The van der Waals surface area contributed by atoms with Gasteiger partial charge in [0.15, 0.2) is 0 Å². The Morgan fingerprint density at radius 3 is 2.72 bits per heavy atom. The van der Waals surface area contributed by atoms with Crippen LogP contribution in [0.4, 0.5) is 0 Å². The predicted molar refractivity (Wildman–Crippen MR) is 68.7 cm³/mol. The van der Waals surface area contributed by atoms with E-state index in [4.69, 9.17) is 5.14 Å². The van der Waals surface area contributed by atoms with Crippen LogP contribution in [0.3, 0.4) is 0 Å². The normalized spacial score (nSPS) is 11.9. The van der Waals surface area contributed by atoms with E-state index < -0.39 is 10.0 Å². The quantitative estimate of drug-likeness (QED) is 0.876. The van der Waals surface area contributed by atoms with Gasteiger partial charge in [-0.2, -0.15) is 0 Å². The van der Waals surface area contributed by atoms with Gasteiger partial charge in [-0.1, -0.05) is 6.07 Å². The summed E-state index contributed by atoms with van der Waals surface area (Å²) in [4.78, 5) is 1.31. The van der Waals surface area contributed by atoms with Crippen LogP contribution < -0.4 is 5.14 Å². The molecule has 2 aromatic heterocycles. The Morgan fingerprint density at radius 2 is 2.17 bits per heavy atom. The molecule has 0 radical (unpaired) electrons. The van der Waals surface area contributed by atoms with Crippen LogP contribution in [0.5, 0.6) is 0 Å². The molecule has 8 heteroatoms. The van der Waals surface area contributed by atoms with E-state index in [1.807, 2.05) is 11.4 Å². The van der Waals surface area contributed by atoms with Crippen LogP contribution in [-0.4, -0.2) is 23.2 Å². The van der Waals surface area contributed by atoms with Crippen LogP contribution in [0.1, 0.15) is 17.1 Å². The molecule has 2 heterocycles. The topological polar surface area (TPSA) is 90.9 Å². The highest BCUT2D eigenvalue weighted by Crippen LogP contribution is 2.13. The fraction of sp³-hybridized carbons (Fsp3) is 0.400. The van der Waals surface area contributed by atoms with Gasteiger partial charge < -0.3 is 4.57 Å². The van der Waals surface area contributed by atoms with Crippen molar-refractivity contribution >= 4 is 21.4 Å². The van der Waals surface area contributed by atoms with E-state index in [0.29, 0.717) is 12.2 Å². The molecule has 0 amide bonds. The fourth-order valence-electron chi connectivity index (χ4n) is 1.69. The molecule has 0 atom stereocenters. The molecule has 0 aromatic carbocycles. The average molecular weight is 286 g/mol. The second kappa shape index (κ2) is 5.17. The number of aromatic nitrogens is 3. The Balaban J connectivity index is 2.00. The molecule has 0 spiro atoms. The number of sulfonamides is 1. The van der Waals surface area contributed by atoms with Gasteiger partial charge in [0.25, 0.3) is 15.2 Å². The lowest BCUT2D eigenvalue weighted by atomic mass is 10.2. The molecule has 0 aliphatic rings. The lowest BCUT2D eigenvalue weighted by Gasteiger charge is -2.01. The largest absolute Gasteiger partial charge is 0.304 e. The van der Waals surface area contributed by atoms with Crippen molar-refractivity contribution in [1.82, 2.24) is 14.8 Å². The van der Waals surface area contributed by atoms with Crippen molar-refractivity contribution in [2.24, 2.45) is 12.2 Å². The Morgan fingerprint density at radius 1 is 1.39 bits per heavy atom. The van der Waals surface area contributed by atoms with E-state index in [2.05, 4.69) is 16.3 Å². The summed E-state index contributed by atoms with van der Waals surface area (Å²) in [5, 5.41) is 14.3. The minimum atomic E-state index is -3.79. The zero-order valence-corrected chi connectivity index (χ0v) is 11.5. The number of primary sulfonamides is 1. The first-order valence-corrected chi connectivity index (χ1v) is 7.84. The summed E-state index contributed by atoms with van der Waals surface area (Å²) in [6.07, 6.45) is 2.53. The predicted octanol–water partition coefficient (Wildman–Crippen LogP) is 0.699. The maximum absolute atomic E-state index is 11.2. The molecule has 0 unspecified atom stereocenters. The van der Waals surface area contributed by atoms with E-state index in [0.717, 1.165) is 12.8 Å². The first kappa shape index (κ1) is 13.2. The maximum Gasteiger partial charge on any atom is 0.273 e. The van der Waals surface area contributed by atoms with Crippen LogP contribution in [0.15, 0.2) is 22.7 Å². The van der Waals surface area contributed by atoms with Crippen LogP contribution in [0.25, 0.3) is 0 Å². The maximum atomic E-state index is 11.2. The number of hydrogen-bond acceptors (Lipinski definition) is 5. The van der Waals surface area contributed by atoms with Crippen molar-refractivity contribution in [2.45, 2.75) is 24.4 Å². The second-order valence-corrected chi connectivity index (χ2v) is 6.42. The molecule has 2 aromatic rings. The molecule has 0 aliphatic carbocycles. The molecule has 2 N–H and O–H groups in total. The first-order chi connectivity index (χ1) is 8.48. The molecule has 18 heavy (non-hydrogen) atoms. The number of nitrogens with zero attached hydrogens (tertiary/aromatic N) is 3. The summed E-state index contributed by atoms with van der Waals surface area (Å²) in [5.74, 6) is 0.635. The highest BCUT2D eigenvalue weighted by Gasteiger charge is 2.18. The van der Waals surface area contributed by atoms with Gasteiger partial charge in [-0.3, -0.25) is 0 Å². The highest BCUT2D eigenvalue weighted by molar-refractivity contribution is 7.89. The Kier molecular flexibility index (Phi) is 3.79. The van der Waals surface area contributed by atoms with Crippen molar-refractivity contribution in [3.8, 4) is 0 Å². The van der Waals surface area contributed by atoms with Crippen molar-refractivity contribution in [2.75, 3.05) is 0 Å². The van der Waals surface area contributed by atoms with Gasteiger partial charge in [-0.05, 0) is 24.3 Å². The van der Waals surface area contributed by atoms with Gasteiger partial charge in [0.05, 0.1) is 0 Å². The molecule has 0 fully saturated rings. The van der Waals surface area contributed by atoms with Gasteiger partial charge >= 0.3 is 0 Å². The SMILES string of the molecule is Cn1c(CCCc2cccs2)nnc1S(N)(=O)=O. The molecule has 0 bridgehead atoms. The monoisotopic (exact) mass is 286 g/mol. The second-order valence-electron chi connectivity index (χ2n) is 3.94. The van der Waals surface area contributed by atoms with Crippen molar-refractivity contribution in [3.63, 3.8) is 0 Å². The summed E-state index contributed by atoms with van der Waals surface area (Å²) < 4.78 is 23.8. The van der Waals surface area contributed by atoms with E-state index in [1.165, 1.54) is 9.44 Å². The van der Waals surface area contributed by atoms with Crippen LogP contribution >= 0.6 is 11.3 Å². The van der Waals surface area contributed by atoms with Gasteiger partial charge in [0.1, 0.15) is 5.82 Å². The molecule has 0 saturated carbocycles. The minimum Gasteiger partial charge on any atom is -0.304 e. The van der Waals surface area contributed by atoms with Crippen molar-refractivity contribution < 1.29 is 8.42 Å². The first-order valence-electron chi connectivity index (χ1n) is 5.42. The van der Waals surface area contributed by atoms with Crippen LogP contribution in [0, 0.1) is 0 Å². The lowest BCUT2D eigenvalue weighted by molar-refractivity contribution is 0.577. The smallest absolute Gasteiger partial charge is 0.273 e. The molecular formula is C10H14N4O2S2. The van der Waals surface area contributed by atoms with Gasteiger partial charge in [-0.15, -0.1) is 21.5 Å². The summed E-state index contributed by atoms with van der Waals surface area (Å²) in [6.45, 7) is 0. The molecular weight excluding hydrogens is 272 g/mol. The van der Waals surface area contributed by atoms with E-state index in [1.54, 1.807) is 18.4 Å². The average Bonchev–Trinajstić information content (AvgIpc) is 2.88. The summed E-state index contributed by atoms with van der Waals surface area (Å²) in [6, 6.07) is 4.10. The number of hydrogen-bond donors (Lipinski definition) is 1. The Labute approximate surface area is 110 Å². The standard InChI is InChI=1S/C10H14N4O2S2/c1-14-9(12-13-10(14)18(11,15)16)6-2-4-8-5-3-7-17-8/h3,5,7H,2,4,6H2,1H3,(H2,11,15,16). The highest BCUT2D eigenvalue weighted by atomic mass is 32.2. The number of rotatable bonds is 5. The summed E-state index contributed by atoms with van der Waals surface area (Å²) in [7, 11) is -2.18. The molecule has 0 saturated heterocycles.